The van der Waals surface area contributed by atoms with E-state index in [9.17, 15) is 4.79 Å². The number of fused-ring (bicyclic) bond motifs is 1. The van der Waals surface area contributed by atoms with E-state index in [4.69, 9.17) is 5.11 Å². The molecule has 1 amide bonds. The lowest BCUT2D eigenvalue weighted by atomic mass is 10.2. The number of rotatable bonds is 8. The fraction of sp³-hybridized carbons (Fsp3) is 0.316. The summed E-state index contributed by atoms with van der Waals surface area (Å²) < 4.78 is 0. The number of nitrogens with one attached hydrogen (secondary N) is 1. The molecule has 6 nitrogen and oxygen atoms in total. The maximum absolute atomic E-state index is 11.9. The first-order valence-electron chi connectivity index (χ1n) is 8.57. The normalized spacial score (nSPS) is 10.8. The molecule has 0 radical (unpaired) electrons. The van der Waals surface area contributed by atoms with E-state index in [1.165, 1.54) is 0 Å². The van der Waals surface area contributed by atoms with E-state index in [0.29, 0.717) is 25.9 Å². The van der Waals surface area contributed by atoms with Crippen LogP contribution in [-0.4, -0.2) is 47.7 Å². The van der Waals surface area contributed by atoms with Crippen LogP contribution in [-0.2, 0) is 4.79 Å². The molecule has 2 N–H and O–H groups in total. The Morgan fingerprint density at radius 2 is 2.08 bits per heavy atom. The number of hydrogen-bond acceptors (Lipinski definition) is 6. The molecule has 0 aliphatic carbocycles. The second-order valence-corrected chi connectivity index (χ2v) is 7.02. The molecule has 0 unspecified atom stereocenters. The van der Waals surface area contributed by atoms with E-state index in [1.54, 1.807) is 17.7 Å². The van der Waals surface area contributed by atoms with Gasteiger partial charge in [-0.3, -0.25) is 4.79 Å². The molecule has 0 aliphatic heterocycles. The number of nitrogens with zero attached hydrogens (tertiary/aromatic N) is 3. The van der Waals surface area contributed by atoms with E-state index in [0.717, 1.165) is 26.5 Å². The van der Waals surface area contributed by atoms with Gasteiger partial charge < -0.3 is 15.3 Å². The topological polar surface area (TPSA) is 78.4 Å². The molecule has 2 heterocycles. The lowest BCUT2D eigenvalue weighted by molar-refractivity contribution is -0.120. The molecule has 3 rings (SSSR count). The summed E-state index contributed by atoms with van der Waals surface area (Å²) in [7, 11) is 1.93. The summed E-state index contributed by atoms with van der Waals surface area (Å²) in [6.45, 7) is 1.15. The van der Waals surface area contributed by atoms with Gasteiger partial charge in [-0.15, -0.1) is 11.3 Å². The van der Waals surface area contributed by atoms with Crippen LogP contribution in [0.2, 0.25) is 0 Å². The van der Waals surface area contributed by atoms with Crippen LogP contribution in [0.25, 0.3) is 20.7 Å². The molecule has 0 fully saturated rings. The first-order valence-corrected chi connectivity index (χ1v) is 9.39. The minimum absolute atomic E-state index is 0.0223. The van der Waals surface area contributed by atoms with Crippen LogP contribution in [0.3, 0.4) is 0 Å². The number of hydrogen-bond donors (Lipinski definition) is 2. The van der Waals surface area contributed by atoms with E-state index in [-0.39, 0.29) is 12.5 Å². The van der Waals surface area contributed by atoms with Gasteiger partial charge >= 0.3 is 0 Å². The predicted molar refractivity (Wildman–Crippen MR) is 105 cm³/mol. The van der Waals surface area contributed by atoms with Crippen LogP contribution in [0.5, 0.6) is 0 Å². The zero-order valence-electron chi connectivity index (χ0n) is 14.7. The highest BCUT2D eigenvalue weighted by molar-refractivity contribution is 7.21. The van der Waals surface area contributed by atoms with Crippen molar-refractivity contribution in [2.75, 3.05) is 31.6 Å². The van der Waals surface area contributed by atoms with Gasteiger partial charge in [0.15, 0.2) is 0 Å². The third kappa shape index (κ3) is 4.36. The fourth-order valence-electron chi connectivity index (χ4n) is 2.66. The van der Waals surface area contributed by atoms with Crippen LogP contribution in [0, 0.1) is 0 Å². The molecule has 0 spiro atoms. The van der Waals surface area contributed by atoms with Gasteiger partial charge in [0.25, 0.3) is 0 Å². The molecular weight excluding hydrogens is 348 g/mol. The minimum Gasteiger partial charge on any atom is -0.396 e. The number of carbonyl (C=O) groups excluding carboxylic acids is 1. The number of aromatic nitrogens is 2. The van der Waals surface area contributed by atoms with Crippen LogP contribution in [0.1, 0.15) is 12.8 Å². The standard InChI is InChI=1S/C19H22N4O2S/c1-23(10-8-17(25)20-9-5-11-24)18-15-12-16(14-6-3-2-4-7-14)26-19(15)22-13-21-18/h2-4,6-7,12-13,24H,5,8-11H2,1H3,(H,20,25). The van der Waals surface area contributed by atoms with Gasteiger partial charge in [-0.1, -0.05) is 30.3 Å². The van der Waals surface area contributed by atoms with E-state index in [1.807, 2.05) is 30.1 Å². The number of anilines is 1. The zero-order valence-corrected chi connectivity index (χ0v) is 15.5. The SMILES string of the molecule is CN(CCC(=O)NCCCO)c1ncnc2sc(-c3ccccc3)cc12. The van der Waals surface area contributed by atoms with Crippen molar-refractivity contribution < 1.29 is 9.90 Å². The van der Waals surface area contributed by atoms with Crippen molar-refractivity contribution in [1.82, 2.24) is 15.3 Å². The number of aliphatic hydroxyl groups excluding tert-OH is 1. The molecule has 136 valence electrons. The Morgan fingerprint density at radius 1 is 1.27 bits per heavy atom. The highest BCUT2D eigenvalue weighted by atomic mass is 32.1. The van der Waals surface area contributed by atoms with Crippen molar-refractivity contribution in [2.24, 2.45) is 0 Å². The summed E-state index contributed by atoms with van der Waals surface area (Å²) >= 11 is 1.64. The van der Waals surface area contributed by atoms with Crippen molar-refractivity contribution in [3.63, 3.8) is 0 Å². The molecular formula is C19H22N4O2S. The Balaban J connectivity index is 1.73. The van der Waals surface area contributed by atoms with Gasteiger partial charge in [-0.2, -0.15) is 0 Å². The molecule has 7 heteroatoms. The number of benzene rings is 1. The van der Waals surface area contributed by atoms with Gasteiger partial charge in [-0.25, -0.2) is 9.97 Å². The first kappa shape index (κ1) is 18.3. The van der Waals surface area contributed by atoms with Crippen LogP contribution >= 0.6 is 11.3 Å². The summed E-state index contributed by atoms with van der Waals surface area (Å²) in [6, 6.07) is 12.3. The van der Waals surface area contributed by atoms with Gasteiger partial charge in [0, 0.05) is 38.0 Å². The molecule has 1 aromatic carbocycles. The Hall–Kier alpha value is -2.51. The van der Waals surface area contributed by atoms with Gasteiger partial charge in [0.2, 0.25) is 5.91 Å². The summed E-state index contributed by atoms with van der Waals surface area (Å²) in [4.78, 5) is 24.7. The van der Waals surface area contributed by atoms with Crippen LogP contribution in [0.4, 0.5) is 5.82 Å². The minimum atomic E-state index is -0.0223. The molecule has 0 bridgehead atoms. The largest absolute Gasteiger partial charge is 0.396 e. The fourth-order valence-corrected chi connectivity index (χ4v) is 3.66. The maximum atomic E-state index is 11.9. The van der Waals surface area contributed by atoms with Crippen LogP contribution in [0.15, 0.2) is 42.7 Å². The number of aliphatic hydroxyl groups is 1. The summed E-state index contributed by atoms with van der Waals surface area (Å²) in [5, 5.41) is 12.6. The highest BCUT2D eigenvalue weighted by Gasteiger charge is 2.14. The number of carbonyl (C=O) groups is 1. The Morgan fingerprint density at radius 3 is 2.85 bits per heavy atom. The third-order valence-corrected chi connectivity index (χ3v) is 5.15. The molecule has 3 aromatic rings. The number of thiophene rings is 1. The Kier molecular flexibility index (Phi) is 6.14. The van der Waals surface area contributed by atoms with Crippen LogP contribution < -0.4 is 10.2 Å². The van der Waals surface area contributed by atoms with E-state index in [2.05, 4.69) is 33.5 Å². The first-order chi connectivity index (χ1) is 12.7. The highest BCUT2D eigenvalue weighted by Crippen LogP contribution is 2.35. The molecule has 0 atom stereocenters. The molecule has 26 heavy (non-hydrogen) atoms. The second kappa shape index (κ2) is 8.73. The monoisotopic (exact) mass is 370 g/mol. The van der Waals surface area contributed by atoms with Crippen molar-refractivity contribution in [3.8, 4) is 10.4 Å². The zero-order chi connectivity index (χ0) is 18.4. The van der Waals surface area contributed by atoms with Crippen molar-refractivity contribution in [3.05, 3.63) is 42.7 Å². The summed E-state index contributed by atoms with van der Waals surface area (Å²) in [5.41, 5.74) is 1.16. The molecule has 0 saturated carbocycles. The van der Waals surface area contributed by atoms with Crippen molar-refractivity contribution in [1.29, 1.82) is 0 Å². The average molecular weight is 370 g/mol. The second-order valence-electron chi connectivity index (χ2n) is 5.99. The molecule has 0 aliphatic rings. The smallest absolute Gasteiger partial charge is 0.221 e. The van der Waals surface area contributed by atoms with Gasteiger partial charge in [0.05, 0.1) is 5.39 Å². The Bertz CT molecular complexity index is 866. The third-order valence-electron chi connectivity index (χ3n) is 4.06. The lowest BCUT2D eigenvalue weighted by Crippen LogP contribution is -2.30. The van der Waals surface area contributed by atoms with Gasteiger partial charge in [-0.05, 0) is 18.1 Å². The van der Waals surface area contributed by atoms with Crippen molar-refractivity contribution >= 4 is 33.3 Å². The summed E-state index contributed by atoms with van der Waals surface area (Å²) in [6.07, 6.45) is 2.52. The lowest BCUT2D eigenvalue weighted by Gasteiger charge is -2.18. The van der Waals surface area contributed by atoms with E-state index >= 15 is 0 Å². The van der Waals surface area contributed by atoms with Gasteiger partial charge in [0.1, 0.15) is 17.0 Å². The predicted octanol–water partition coefficient (Wildman–Crippen LogP) is 2.68. The Labute approximate surface area is 156 Å². The quantitative estimate of drug-likeness (QED) is 0.596. The van der Waals surface area contributed by atoms with Crippen molar-refractivity contribution in [2.45, 2.75) is 12.8 Å². The number of amides is 1. The molecule has 0 saturated heterocycles. The molecule has 2 aromatic heterocycles. The average Bonchev–Trinajstić information content (AvgIpc) is 3.11. The van der Waals surface area contributed by atoms with E-state index < -0.39 is 0 Å². The maximum Gasteiger partial charge on any atom is 0.221 e. The summed E-state index contributed by atoms with van der Waals surface area (Å²) in [5.74, 6) is 0.808.